The summed E-state index contributed by atoms with van der Waals surface area (Å²) in [6, 6.07) is 0. The summed E-state index contributed by atoms with van der Waals surface area (Å²) in [7, 11) is 0. The van der Waals surface area contributed by atoms with Crippen molar-refractivity contribution < 1.29 is 28.6 Å². The molecule has 200 valence electrons. The van der Waals surface area contributed by atoms with Crippen molar-refractivity contribution in [2.45, 2.75) is 149 Å². The second kappa shape index (κ2) is 24.5. The molecule has 0 saturated heterocycles. The van der Waals surface area contributed by atoms with E-state index in [1.807, 2.05) is 0 Å². The smallest absolute Gasteiger partial charge is 0.306 e. The Balaban J connectivity index is 4.37. The molecule has 0 aliphatic rings. The molecule has 0 spiro atoms. The summed E-state index contributed by atoms with van der Waals surface area (Å²) in [5, 5.41) is 0. The predicted molar refractivity (Wildman–Crippen MR) is 137 cm³/mol. The number of carbonyl (C=O) groups excluding carboxylic acids is 3. The van der Waals surface area contributed by atoms with Gasteiger partial charge in [-0.1, -0.05) is 104 Å². The van der Waals surface area contributed by atoms with Crippen LogP contribution in [0.25, 0.3) is 0 Å². The summed E-state index contributed by atoms with van der Waals surface area (Å²) in [6.45, 7) is 6.35. The highest BCUT2D eigenvalue weighted by molar-refractivity contribution is 5.71. The lowest BCUT2D eigenvalue weighted by molar-refractivity contribution is -0.167. The van der Waals surface area contributed by atoms with Crippen LogP contribution in [0.5, 0.6) is 0 Å². The largest absolute Gasteiger partial charge is 0.462 e. The molecule has 0 heterocycles. The van der Waals surface area contributed by atoms with Crippen molar-refractivity contribution in [1.29, 1.82) is 0 Å². The van der Waals surface area contributed by atoms with E-state index in [0.29, 0.717) is 19.3 Å². The topological polar surface area (TPSA) is 78.9 Å². The van der Waals surface area contributed by atoms with Gasteiger partial charge in [0.15, 0.2) is 6.10 Å². The Morgan fingerprint density at radius 1 is 0.471 bits per heavy atom. The van der Waals surface area contributed by atoms with E-state index in [1.165, 1.54) is 32.1 Å². The third kappa shape index (κ3) is 22.2. The summed E-state index contributed by atoms with van der Waals surface area (Å²) in [6.07, 6.45) is 17.4. The van der Waals surface area contributed by atoms with Crippen LogP contribution in [0, 0.1) is 0 Å². The Kier molecular flexibility index (Phi) is 23.4. The van der Waals surface area contributed by atoms with E-state index in [4.69, 9.17) is 14.2 Å². The van der Waals surface area contributed by atoms with Gasteiger partial charge in [-0.3, -0.25) is 14.4 Å². The van der Waals surface area contributed by atoms with Crippen molar-refractivity contribution in [2.75, 3.05) is 13.2 Å². The van der Waals surface area contributed by atoms with Crippen LogP contribution in [0.2, 0.25) is 0 Å². The lowest BCUT2D eigenvalue weighted by Gasteiger charge is -2.18. The minimum absolute atomic E-state index is 0.0696. The number of hydrogen-bond acceptors (Lipinski definition) is 6. The molecule has 0 aromatic carbocycles. The summed E-state index contributed by atoms with van der Waals surface area (Å²) in [5.74, 6) is -0.918. The fourth-order valence-electron chi connectivity index (χ4n) is 3.67. The van der Waals surface area contributed by atoms with Gasteiger partial charge in [0.05, 0.1) is 0 Å². The number of esters is 3. The molecule has 0 unspecified atom stereocenters. The Bertz CT molecular complexity index is 475. The van der Waals surface area contributed by atoms with Gasteiger partial charge >= 0.3 is 17.9 Å². The fraction of sp³-hybridized carbons (Fsp3) is 0.893. The molecule has 34 heavy (non-hydrogen) atoms. The third-order valence-electron chi connectivity index (χ3n) is 5.86. The Morgan fingerprint density at radius 3 is 1.18 bits per heavy atom. The number of unbranched alkanes of at least 4 members (excludes halogenated alkanes) is 13. The molecule has 6 nitrogen and oxygen atoms in total. The average molecular weight is 485 g/mol. The Labute approximate surface area is 208 Å². The number of carbonyl (C=O) groups is 3. The SMILES string of the molecule is CCCCCCCCC(=O)OC(COC(=O)CCCCCCC)COC(=O)CCCCCCC. The molecule has 0 N–H and O–H groups in total. The minimum atomic E-state index is -0.749. The van der Waals surface area contributed by atoms with Gasteiger partial charge < -0.3 is 14.2 Å². The lowest BCUT2D eigenvalue weighted by Crippen LogP contribution is -2.30. The molecule has 0 rings (SSSR count). The quantitative estimate of drug-likeness (QED) is 0.0804. The van der Waals surface area contributed by atoms with Crippen molar-refractivity contribution in [1.82, 2.24) is 0 Å². The molecular weight excluding hydrogens is 432 g/mol. The van der Waals surface area contributed by atoms with Crippen molar-refractivity contribution in [3.63, 3.8) is 0 Å². The predicted octanol–water partition coefficient (Wildman–Crippen LogP) is 7.46. The van der Waals surface area contributed by atoms with Gasteiger partial charge in [-0.05, 0) is 19.3 Å². The van der Waals surface area contributed by atoms with Crippen molar-refractivity contribution >= 4 is 17.9 Å². The van der Waals surface area contributed by atoms with Gasteiger partial charge in [0.1, 0.15) is 13.2 Å². The van der Waals surface area contributed by atoms with Gasteiger partial charge in [-0.25, -0.2) is 0 Å². The van der Waals surface area contributed by atoms with Crippen molar-refractivity contribution in [3.05, 3.63) is 0 Å². The number of hydrogen-bond donors (Lipinski definition) is 0. The standard InChI is InChI=1S/C28H52O6/c1-4-7-10-13-16-19-22-28(31)34-25(23-32-26(29)20-17-14-11-8-5-2)24-33-27(30)21-18-15-12-9-6-3/h25H,4-24H2,1-3H3. The maximum absolute atomic E-state index is 12.3. The zero-order chi connectivity index (χ0) is 25.3. The second-order valence-electron chi connectivity index (χ2n) is 9.32. The van der Waals surface area contributed by atoms with Crippen LogP contribution in [0.15, 0.2) is 0 Å². The van der Waals surface area contributed by atoms with Crippen molar-refractivity contribution in [3.8, 4) is 0 Å². The third-order valence-corrected chi connectivity index (χ3v) is 5.86. The maximum atomic E-state index is 12.3. The number of rotatable bonds is 24. The van der Waals surface area contributed by atoms with Crippen molar-refractivity contribution in [2.24, 2.45) is 0 Å². The minimum Gasteiger partial charge on any atom is -0.462 e. The highest BCUT2D eigenvalue weighted by atomic mass is 16.6. The summed E-state index contributed by atoms with van der Waals surface area (Å²) in [5.41, 5.74) is 0. The molecule has 0 atom stereocenters. The summed E-state index contributed by atoms with van der Waals surface area (Å²) >= 11 is 0. The zero-order valence-corrected chi connectivity index (χ0v) is 22.4. The first kappa shape index (κ1) is 32.4. The number of ether oxygens (including phenoxy) is 3. The summed E-state index contributed by atoms with van der Waals surface area (Å²) < 4.78 is 16.2. The van der Waals surface area contributed by atoms with E-state index in [2.05, 4.69) is 20.8 Å². The summed E-state index contributed by atoms with van der Waals surface area (Å²) in [4.78, 5) is 36.4. The van der Waals surface area contributed by atoms with Crippen LogP contribution in [-0.4, -0.2) is 37.2 Å². The van der Waals surface area contributed by atoms with Crippen LogP contribution < -0.4 is 0 Å². The molecule has 0 fully saturated rings. The van der Waals surface area contributed by atoms with Crippen LogP contribution in [0.3, 0.4) is 0 Å². The van der Waals surface area contributed by atoms with E-state index in [1.54, 1.807) is 0 Å². The first-order chi connectivity index (χ1) is 16.5. The van der Waals surface area contributed by atoms with E-state index in [0.717, 1.165) is 70.6 Å². The molecule has 0 aliphatic heterocycles. The molecule has 0 saturated carbocycles. The zero-order valence-electron chi connectivity index (χ0n) is 22.4. The Morgan fingerprint density at radius 2 is 0.794 bits per heavy atom. The van der Waals surface area contributed by atoms with Gasteiger partial charge in [0, 0.05) is 19.3 Å². The molecular formula is C28H52O6. The maximum Gasteiger partial charge on any atom is 0.306 e. The molecule has 0 bridgehead atoms. The van der Waals surface area contributed by atoms with Gasteiger partial charge in [-0.2, -0.15) is 0 Å². The van der Waals surface area contributed by atoms with E-state index >= 15 is 0 Å². The van der Waals surface area contributed by atoms with Gasteiger partial charge in [0.2, 0.25) is 0 Å². The van der Waals surface area contributed by atoms with Gasteiger partial charge in [-0.15, -0.1) is 0 Å². The first-order valence-electron chi connectivity index (χ1n) is 14.0. The molecule has 6 heteroatoms. The normalized spacial score (nSPS) is 10.9. The first-order valence-corrected chi connectivity index (χ1v) is 14.0. The molecule has 0 aromatic heterocycles. The average Bonchev–Trinajstić information content (AvgIpc) is 2.82. The van der Waals surface area contributed by atoms with Crippen LogP contribution >= 0.6 is 0 Å². The van der Waals surface area contributed by atoms with Crippen LogP contribution in [0.1, 0.15) is 143 Å². The van der Waals surface area contributed by atoms with E-state index in [9.17, 15) is 14.4 Å². The van der Waals surface area contributed by atoms with E-state index < -0.39 is 6.10 Å². The van der Waals surface area contributed by atoms with E-state index in [-0.39, 0.29) is 31.1 Å². The fourth-order valence-corrected chi connectivity index (χ4v) is 3.67. The molecule has 0 amide bonds. The highest BCUT2D eigenvalue weighted by Crippen LogP contribution is 2.11. The lowest BCUT2D eigenvalue weighted by atomic mass is 10.1. The van der Waals surface area contributed by atoms with Gasteiger partial charge in [0.25, 0.3) is 0 Å². The Hall–Kier alpha value is -1.59. The molecule has 0 aliphatic carbocycles. The second-order valence-corrected chi connectivity index (χ2v) is 9.32. The molecule has 0 aromatic rings. The van der Waals surface area contributed by atoms with Crippen LogP contribution in [-0.2, 0) is 28.6 Å². The molecule has 0 radical (unpaired) electrons. The highest BCUT2D eigenvalue weighted by Gasteiger charge is 2.19. The van der Waals surface area contributed by atoms with Crippen LogP contribution in [0.4, 0.5) is 0 Å². The monoisotopic (exact) mass is 484 g/mol.